The maximum Gasteiger partial charge on any atom is 0.257 e. The van der Waals surface area contributed by atoms with Crippen LogP contribution in [0.1, 0.15) is 11.7 Å². The molecule has 0 spiro atoms. The van der Waals surface area contributed by atoms with Crippen LogP contribution in [0.5, 0.6) is 0 Å². The molecule has 0 aliphatic carbocycles. The number of aliphatic hydroxyl groups excluding tert-OH is 1. The zero-order valence-electron chi connectivity index (χ0n) is 9.81. The van der Waals surface area contributed by atoms with E-state index in [-0.39, 0.29) is 0 Å². The Labute approximate surface area is 120 Å². The highest BCUT2D eigenvalue weighted by Crippen LogP contribution is 2.24. The quantitative estimate of drug-likeness (QED) is 0.908. The van der Waals surface area contributed by atoms with Crippen molar-refractivity contribution in [3.05, 3.63) is 64.1 Å². The summed E-state index contributed by atoms with van der Waals surface area (Å²) in [6.45, 7) is 0. The molecule has 0 aliphatic rings. The zero-order valence-corrected chi connectivity index (χ0v) is 11.3. The van der Waals surface area contributed by atoms with Crippen LogP contribution >= 0.6 is 23.2 Å². The molecule has 3 nitrogen and oxygen atoms in total. The number of aliphatic hydroxyl groups is 1. The Morgan fingerprint density at radius 1 is 1.05 bits per heavy atom. The molecular weight excluding hydrogens is 285 g/mol. The van der Waals surface area contributed by atoms with Crippen molar-refractivity contribution in [2.24, 2.45) is 0 Å². The fourth-order valence-corrected chi connectivity index (χ4v) is 1.95. The summed E-state index contributed by atoms with van der Waals surface area (Å²) < 4.78 is 0. The van der Waals surface area contributed by atoms with Crippen LogP contribution in [0.15, 0.2) is 48.5 Å². The van der Waals surface area contributed by atoms with Crippen molar-refractivity contribution in [3.8, 4) is 0 Å². The second kappa shape index (κ2) is 6.06. The molecule has 2 aromatic rings. The van der Waals surface area contributed by atoms with Crippen LogP contribution in [0.2, 0.25) is 10.0 Å². The van der Waals surface area contributed by atoms with E-state index < -0.39 is 12.0 Å². The van der Waals surface area contributed by atoms with Crippen molar-refractivity contribution in [1.82, 2.24) is 0 Å². The van der Waals surface area contributed by atoms with E-state index in [2.05, 4.69) is 5.32 Å². The van der Waals surface area contributed by atoms with Gasteiger partial charge in [0.05, 0.1) is 0 Å². The van der Waals surface area contributed by atoms with Gasteiger partial charge in [-0.05, 0) is 30.3 Å². The van der Waals surface area contributed by atoms with Gasteiger partial charge in [-0.1, -0.05) is 41.4 Å². The van der Waals surface area contributed by atoms with Crippen molar-refractivity contribution in [2.45, 2.75) is 6.10 Å². The Morgan fingerprint density at radius 3 is 2.32 bits per heavy atom. The summed E-state index contributed by atoms with van der Waals surface area (Å²) in [6, 6.07) is 13.3. The lowest BCUT2D eigenvalue weighted by Gasteiger charge is -2.13. The molecule has 0 aliphatic heterocycles. The number of hydrogen-bond acceptors (Lipinski definition) is 2. The van der Waals surface area contributed by atoms with Gasteiger partial charge >= 0.3 is 0 Å². The standard InChI is InChI=1S/C14H11Cl2NO2/c15-9-5-7-10(8-6-9)17-14(19)13(18)11-3-1-2-4-12(11)16/h1-8,13,18H,(H,17,19)/t13-/m0/s1. The number of halogens is 2. The third-order valence-corrected chi connectivity index (χ3v) is 3.16. The van der Waals surface area contributed by atoms with Crippen LogP contribution in [0, 0.1) is 0 Å². The lowest BCUT2D eigenvalue weighted by atomic mass is 10.1. The molecule has 19 heavy (non-hydrogen) atoms. The minimum atomic E-state index is -1.32. The summed E-state index contributed by atoms with van der Waals surface area (Å²) in [5.74, 6) is -0.546. The smallest absolute Gasteiger partial charge is 0.257 e. The van der Waals surface area contributed by atoms with Gasteiger partial charge in [0.25, 0.3) is 5.91 Å². The molecule has 2 aromatic carbocycles. The Balaban J connectivity index is 2.12. The molecule has 0 heterocycles. The Morgan fingerprint density at radius 2 is 1.68 bits per heavy atom. The highest BCUT2D eigenvalue weighted by molar-refractivity contribution is 6.31. The highest BCUT2D eigenvalue weighted by atomic mass is 35.5. The van der Waals surface area contributed by atoms with Crippen molar-refractivity contribution in [2.75, 3.05) is 5.32 Å². The lowest BCUT2D eigenvalue weighted by molar-refractivity contribution is -0.124. The minimum absolute atomic E-state index is 0.348. The molecular formula is C14H11Cl2NO2. The summed E-state index contributed by atoms with van der Waals surface area (Å²) in [6.07, 6.45) is -1.32. The number of carbonyl (C=O) groups excluding carboxylic acids is 1. The van der Waals surface area contributed by atoms with Crippen LogP contribution in [0.25, 0.3) is 0 Å². The molecule has 0 radical (unpaired) electrons. The molecule has 0 fully saturated rings. The lowest BCUT2D eigenvalue weighted by Crippen LogP contribution is -2.21. The van der Waals surface area contributed by atoms with E-state index in [1.54, 1.807) is 48.5 Å². The molecule has 0 aromatic heterocycles. The molecule has 98 valence electrons. The van der Waals surface area contributed by atoms with Crippen LogP contribution in [0.3, 0.4) is 0 Å². The van der Waals surface area contributed by atoms with Crippen molar-refractivity contribution in [1.29, 1.82) is 0 Å². The molecule has 2 rings (SSSR count). The number of hydrogen-bond donors (Lipinski definition) is 2. The maximum absolute atomic E-state index is 11.9. The number of benzene rings is 2. The molecule has 0 bridgehead atoms. The number of nitrogens with one attached hydrogen (secondary N) is 1. The summed E-state index contributed by atoms with van der Waals surface area (Å²) in [7, 11) is 0. The number of carbonyl (C=O) groups is 1. The van der Waals surface area contributed by atoms with Crippen LogP contribution in [0.4, 0.5) is 5.69 Å². The monoisotopic (exact) mass is 295 g/mol. The largest absolute Gasteiger partial charge is 0.378 e. The normalized spacial score (nSPS) is 11.9. The minimum Gasteiger partial charge on any atom is -0.378 e. The van der Waals surface area contributed by atoms with Crippen LogP contribution < -0.4 is 5.32 Å². The summed E-state index contributed by atoms with van der Waals surface area (Å²) >= 11 is 11.7. The Kier molecular flexibility index (Phi) is 4.43. The number of rotatable bonds is 3. The van der Waals surface area contributed by atoms with Crippen LogP contribution in [-0.4, -0.2) is 11.0 Å². The fourth-order valence-electron chi connectivity index (χ4n) is 1.58. The second-order valence-corrected chi connectivity index (χ2v) is 4.76. The summed E-state index contributed by atoms with van der Waals surface area (Å²) in [5, 5.41) is 13.5. The number of amides is 1. The average molecular weight is 296 g/mol. The maximum atomic E-state index is 11.9. The van der Waals surface area contributed by atoms with Gasteiger partial charge in [0, 0.05) is 21.3 Å². The fraction of sp³-hybridized carbons (Fsp3) is 0.0714. The first-order chi connectivity index (χ1) is 9.08. The molecule has 1 atom stereocenters. The molecule has 0 unspecified atom stereocenters. The first kappa shape index (κ1) is 13.9. The van der Waals surface area contributed by atoms with E-state index in [1.165, 1.54) is 0 Å². The Hall–Kier alpha value is -1.55. The molecule has 0 saturated carbocycles. The van der Waals surface area contributed by atoms with E-state index in [9.17, 15) is 9.90 Å². The van der Waals surface area contributed by atoms with Gasteiger partial charge < -0.3 is 10.4 Å². The zero-order chi connectivity index (χ0) is 13.8. The molecule has 5 heteroatoms. The third kappa shape index (κ3) is 3.47. The van der Waals surface area contributed by atoms with Gasteiger partial charge in [0.1, 0.15) is 0 Å². The molecule has 2 N–H and O–H groups in total. The van der Waals surface area contributed by atoms with Gasteiger partial charge in [0.15, 0.2) is 6.10 Å². The Bertz CT molecular complexity index is 584. The summed E-state index contributed by atoms with van der Waals surface area (Å²) in [5.41, 5.74) is 0.927. The topological polar surface area (TPSA) is 49.3 Å². The van der Waals surface area contributed by atoms with Crippen molar-refractivity contribution < 1.29 is 9.90 Å². The van der Waals surface area contributed by atoms with Crippen LogP contribution in [-0.2, 0) is 4.79 Å². The summed E-state index contributed by atoms with van der Waals surface area (Å²) in [4.78, 5) is 11.9. The first-order valence-electron chi connectivity index (χ1n) is 5.57. The second-order valence-electron chi connectivity index (χ2n) is 3.92. The van der Waals surface area contributed by atoms with E-state index in [0.29, 0.717) is 21.3 Å². The van der Waals surface area contributed by atoms with Crippen molar-refractivity contribution >= 4 is 34.8 Å². The predicted molar refractivity (Wildman–Crippen MR) is 76.5 cm³/mol. The van der Waals surface area contributed by atoms with E-state index in [4.69, 9.17) is 23.2 Å². The van der Waals surface area contributed by atoms with Gasteiger partial charge in [-0.15, -0.1) is 0 Å². The van der Waals surface area contributed by atoms with E-state index in [1.807, 2.05) is 0 Å². The third-order valence-electron chi connectivity index (χ3n) is 2.56. The molecule has 0 saturated heterocycles. The van der Waals surface area contributed by atoms with E-state index in [0.717, 1.165) is 0 Å². The first-order valence-corrected chi connectivity index (χ1v) is 6.32. The van der Waals surface area contributed by atoms with Gasteiger partial charge in [0.2, 0.25) is 0 Å². The van der Waals surface area contributed by atoms with E-state index >= 15 is 0 Å². The molecule has 1 amide bonds. The van der Waals surface area contributed by atoms with Gasteiger partial charge in [-0.25, -0.2) is 0 Å². The van der Waals surface area contributed by atoms with Gasteiger partial charge in [-0.2, -0.15) is 0 Å². The SMILES string of the molecule is O=C(Nc1ccc(Cl)cc1)[C@@H](O)c1ccccc1Cl. The number of anilines is 1. The average Bonchev–Trinajstić information content (AvgIpc) is 2.41. The predicted octanol–water partition coefficient (Wildman–Crippen LogP) is 3.67. The van der Waals surface area contributed by atoms with Gasteiger partial charge in [-0.3, -0.25) is 4.79 Å². The highest BCUT2D eigenvalue weighted by Gasteiger charge is 2.19. The van der Waals surface area contributed by atoms with Crippen molar-refractivity contribution in [3.63, 3.8) is 0 Å².